The monoisotopic (exact) mass is 439 g/mol. The molecule has 30 heavy (non-hydrogen) atoms. The standard InChI is InChI=1S/C20H20F3N3O3S/c1-3-29-19(28)10-26-16(9-18(25-26)20(21,22)23)15-7-6-14(24-15)12-4-5-13(11-27)17(8-12)30-2/h4-9,24,27H,3,10-11H2,1-2H3. The van der Waals surface area contributed by atoms with Crippen LogP contribution in [0.15, 0.2) is 41.3 Å². The summed E-state index contributed by atoms with van der Waals surface area (Å²) < 4.78 is 45.4. The molecule has 0 aliphatic heterocycles. The van der Waals surface area contributed by atoms with Crippen molar-refractivity contribution in [3.8, 4) is 22.6 Å². The number of halogens is 3. The fourth-order valence-corrected chi connectivity index (χ4v) is 3.62. The number of ether oxygens (including phenoxy) is 1. The third-order valence-electron chi connectivity index (χ3n) is 4.38. The molecule has 6 nitrogen and oxygen atoms in total. The van der Waals surface area contributed by atoms with Crippen LogP contribution in [0, 0.1) is 0 Å². The number of aromatic amines is 1. The van der Waals surface area contributed by atoms with Gasteiger partial charge < -0.3 is 14.8 Å². The van der Waals surface area contributed by atoms with Gasteiger partial charge in [0.05, 0.1) is 24.6 Å². The second-order valence-corrected chi connectivity index (χ2v) is 7.19. The molecule has 2 heterocycles. The van der Waals surface area contributed by atoms with Crippen molar-refractivity contribution in [3.05, 3.63) is 47.7 Å². The number of nitrogens with one attached hydrogen (secondary N) is 1. The van der Waals surface area contributed by atoms with Crippen molar-refractivity contribution < 1.29 is 27.8 Å². The molecular formula is C20H20F3N3O3S. The molecule has 2 N–H and O–H groups in total. The Bertz CT molecular complexity index is 1040. The van der Waals surface area contributed by atoms with E-state index in [0.717, 1.165) is 26.8 Å². The minimum atomic E-state index is -4.64. The molecule has 160 valence electrons. The van der Waals surface area contributed by atoms with Crippen molar-refractivity contribution in [2.75, 3.05) is 12.9 Å². The molecule has 0 atom stereocenters. The fourth-order valence-electron chi connectivity index (χ4n) is 2.98. The summed E-state index contributed by atoms with van der Waals surface area (Å²) >= 11 is 1.49. The lowest BCUT2D eigenvalue weighted by molar-refractivity contribution is -0.146. The van der Waals surface area contributed by atoms with Crippen molar-refractivity contribution >= 4 is 17.7 Å². The lowest BCUT2D eigenvalue weighted by atomic mass is 10.1. The van der Waals surface area contributed by atoms with Crippen molar-refractivity contribution in [1.29, 1.82) is 0 Å². The van der Waals surface area contributed by atoms with Gasteiger partial charge in [0, 0.05) is 10.6 Å². The SMILES string of the molecule is CCOC(=O)Cn1nc(C(F)(F)F)cc1-c1ccc(-c2ccc(CO)c(SC)c2)[nH]1. The predicted molar refractivity (Wildman–Crippen MR) is 107 cm³/mol. The van der Waals surface area contributed by atoms with Gasteiger partial charge in [-0.15, -0.1) is 11.8 Å². The summed E-state index contributed by atoms with van der Waals surface area (Å²) in [6, 6.07) is 9.78. The third kappa shape index (κ3) is 4.71. The topological polar surface area (TPSA) is 80.1 Å². The number of hydrogen-bond donors (Lipinski definition) is 2. The molecule has 0 spiro atoms. The first-order chi connectivity index (χ1) is 14.3. The molecule has 0 bridgehead atoms. The molecule has 1 aromatic carbocycles. The Morgan fingerprint density at radius 1 is 1.23 bits per heavy atom. The number of esters is 1. The minimum Gasteiger partial charge on any atom is -0.465 e. The normalized spacial score (nSPS) is 11.7. The number of carbonyl (C=O) groups is 1. The van der Waals surface area contributed by atoms with Crippen molar-refractivity contribution in [3.63, 3.8) is 0 Å². The summed E-state index contributed by atoms with van der Waals surface area (Å²) in [6.07, 6.45) is -2.75. The van der Waals surface area contributed by atoms with Crippen molar-refractivity contribution in [1.82, 2.24) is 14.8 Å². The van der Waals surface area contributed by atoms with Crippen LogP contribution in [0.2, 0.25) is 0 Å². The van der Waals surface area contributed by atoms with Gasteiger partial charge in [0.2, 0.25) is 0 Å². The van der Waals surface area contributed by atoms with E-state index >= 15 is 0 Å². The highest BCUT2D eigenvalue weighted by Gasteiger charge is 2.35. The number of thioether (sulfide) groups is 1. The molecule has 0 unspecified atom stereocenters. The molecule has 0 radical (unpaired) electrons. The zero-order valence-corrected chi connectivity index (χ0v) is 17.1. The highest BCUT2D eigenvalue weighted by molar-refractivity contribution is 7.98. The predicted octanol–water partition coefficient (Wildman–Crippen LogP) is 4.34. The number of rotatable bonds is 7. The lowest BCUT2D eigenvalue weighted by Gasteiger charge is -2.08. The number of nitrogens with zero attached hydrogens (tertiary/aromatic N) is 2. The van der Waals surface area contributed by atoms with Gasteiger partial charge in [-0.25, -0.2) is 0 Å². The van der Waals surface area contributed by atoms with Gasteiger partial charge in [-0.3, -0.25) is 9.48 Å². The Balaban J connectivity index is 1.99. The molecule has 2 aromatic heterocycles. The average Bonchev–Trinajstić information content (AvgIpc) is 3.34. The second-order valence-electron chi connectivity index (χ2n) is 6.35. The van der Waals surface area contributed by atoms with Crippen LogP contribution < -0.4 is 0 Å². The Morgan fingerprint density at radius 3 is 2.60 bits per heavy atom. The molecule has 0 saturated carbocycles. The first kappa shape index (κ1) is 22.0. The van der Waals surface area contributed by atoms with Gasteiger partial charge in [0.15, 0.2) is 5.69 Å². The van der Waals surface area contributed by atoms with Crippen LogP contribution in [-0.2, 0) is 28.9 Å². The van der Waals surface area contributed by atoms with Crippen LogP contribution in [0.1, 0.15) is 18.2 Å². The number of aliphatic hydroxyl groups excluding tert-OH is 1. The van der Waals surface area contributed by atoms with Crippen molar-refractivity contribution in [2.45, 2.75) is 31.1 Å². The first-order valence-corrected chi connectivity index (χ1v) is 10.3. The maximum atomic E-state index is 13.2. The molecule has 10 heteroatoms. The summed E-state index contributed by atoms with van der Waals surface area (Å²) in [6.45, 7) is 1.22. The lowest BCUT2D eigenvalue weighted by Crippen LogP contribution is -2.16. The van der Waals surface area contributed by atoms with E-state index in [1.54, 1.807) is 25.1 Å². The maximum absolute atomic E-state index is 13.2. The van der Waals surface area contributed by atoms with E-state index in [9.17, 15) is 23.1 Å². The number of H-pyrrole nitrogens is 1. The number of hydrogen-bond acceptors (Lipinski definition) is 5. The zero-order chi connectivity index (χ0) is 21.9. The third-order valence-corrected chi connectivity index (χ3v) is 5.20. The van der Waals surface area contributed by atoms with Crippen LogP contribution in [0.4, 0.5) is 13.2 Å². The van der Waals surface area contributed by atoms with E-state index < -0.39 is 24.4 Å². The molecule has 0 aliphatic rings. The van der Waals surface area contributed by atoms with Gasteiger partial charge >= 0.3 is 12.1 Å². The smallest absolute Gasteiger partial charge is 0.435 e. The van der Waals surface area contributed by atoms with Crippen LogP contribution in [0.5, 0.6) is 0 Å². The molecule has 3 rings (SSSR count). The average molecular weight is 439 g/mol. The van der Waals surface area contributed by atoms with Gasteiger partial charge in [0.25, 0.3) is 0 Å². The number of aromatic nitrogens is 3. The highest BCUT2D eigenvalue weighted by atomic mass is 32.2. The summed E-state index contributed by atoms with van der Waals surface area (Å²) in [5.74, 6) is -0.674. The number of benzene rings is 1. The van der Waals surface area contributed by atoms with Crippen LogP contribution >= 0.6 is 11.8 Å². The molecule has 3 aromatic rings. The largest absolute Gasteiger partial charge is 0.465 e. The van der Waals surface area contributed by atoms with Gasteiger partial charge in [-0.1, -0.05) is 12.1 Å². The Morgan fingerprint density at radius 2 is 1.97 bits per heavy atom. The van der Waals surface area contributed by atoms with E-state index in [2.05, 4.69) is 10.1 Å². The maximum Gasteiger partial charge on any atom is 0.435 e. The fraction of sp³-hybridized carbons (Fsp3) is 0.300. The highest BCUT2D eigenvalue weighted by Crippen LogP contribution is 2.33. The van der Waals surface area contributed by atoms with Gasteiger partial charge in [-0.2, -0.15) is 18.3 Å². The van der Waals surface area contributed by atoms with E-state index in [1.807, 2.05) is 18.4 Å². The van der Waals surface area contributed by atoms with Crippen LogP contribution in [0.3, 0.4) is 0 Å². The second kappa shape index (κ2) is 8.97. The Kier molecular flexibility index (Phi) is 6.57. The summed E-state index contributed by atoms with van der Waals surface area (Å²) in [5, 5.41) is 13.0. The van der Waals surface area contributed by atoms with E-state index in [-0.39, 0.29) is 18.9 Å². The molecule has 0 aliphatic carbocycles. The summed E-state index contributed by atoms with van der Waals surface area (Å²) in [4.78, 5) is 15.8. The van der Waals surface area contributed by atoms with E-state index in [4.69, 9.17) is 4.74 Å². The van der Waals surface area contributed by atoms with Gasteiger partial charge in [-0.05, 0) is 48.6 Å². The van der Waals surface area contributed by atoms with E-state index in [0.29, 0.717) is 11.4 Å². The molecule has 0 saturated heterocycles. The zero-order valence-electron chi connectivity index (χ0n) is 16.3. The molecule has 0 amide bonds. The molecule has 0 fully saturated rings. The minimum absolute atomic E-state index is 0.0836. The number of alkyl halides is 3. The number of aliphatic hydroxyl groups is 1. The van der Waals surface area contributed by atoms with Crippen molar-refractivity contribution in [2.24, 2.45) is 0 Å². The van der Waals surface area contributed by atoms with Crippen LogP contribution in [-0.4, -0.2) is 38.7 Å². The van der Waals surface area contributed by atoms with Crippen LogP contribution in [0.25, 0.3) is 22.6 Å². The van der Waals surface area contributed by atoms with Gasteiger partial charge in [0.1, 0.15) is 6.54 Å². The summed E-state index contributed by atoms with van der Waals surface area (Å²) in [7, 11) is 0. The Hall–Kier alpha value is -2.72. The van der Waals surface area contributed by atoms with E-state index in [1.165, 1.54) is 11.8 Å². The summed E-state index contributed by atoms with van der Waals surface area (Å²) in [5.41, 5.74) is 1.71. The number of carbonyl (C=O) groups excluding carboxylic acids is 1. The first-order valence-electron chi connectivity index (χ1n) is 9.05. The Labute approximate surface area is 175 Å². The quantitative estimate of drug-likeness (QED) is 0.423. The molecular weight excluding hydrogens is 419 g/mol.